The molecule has 0 spiro atoms. The number of carbonyl (C=O) groups excluding carboxylic acids is 1. The van der Waals surface area contributed by atoms with E-state index in [-0.39, 0.29) is 17.1 Å². The Kier molecular flexibility index (Phi) is 5.97. The van der Waals surface area contributed by atoms with Gasteiger partial charge in [0.25, 0.3) is 0 Å². The lowest BCUT2D eigenvalue weighted by Gasteiger charge is -2.23. The van der Waals surface area contributed by atoms with Crippen LogP contribution in [0, 0.1) is 6.92 Å². The van der Waals surface area contributed by atoms with E-state index in [9.17, 15) is 9.90 Å². The Bertz CT molecular complexity index is 1110. The Labute approximate surface area is 177 Å². The summed E-state index contributed by atoms with van der Waals surface area (Å²) < 4.78 is 5.19. The number of phenolic OH excluding ortho intramolecular Hbond substituents is 1. The SMILES string of the molecule is C=C(C)C(=O)OCCCc1cc(-n2nc3ccc(C)cc3n2)c(O)c(C(C)(C)C)c1. The monoisotopic (exact) mass is 407 g/mol. The van der Waals surface area contributed by atoms with Gasteiger partial charge in [0.2, 0.25) is 0 Å². The first kappa shape index (κ1) is 21.6. The second kappa shape index (κ2) is 8.30. The van der Waals surface area contributed by atoms with Crippen LogP contribution in [0.25, 0.3) is 16.7 Å². The number of aromatic hydroxyl groups is 1. The van der Waals surface area contributed by atoms with Crippen molar-refractivity contribution in [2.75, 3.05) is 6.61 Å². The third-order valence-electron chi connectivity index (χ3n) is 4.90. The molecule has 158 valence electrons. The Morgan fingerprint density at radius 2 is 1.87 bits per heavy atom. The standard InChI is InChI=1S/C24H29N3O3/c1-15(2)23(29)30-11-7-8-17-13-18(24(4,5)6)22(28)21(14-17)27-25-19-10-9-16(3)12-20(19)26-27/h9-10,12-14,28H,1,7-8,11H2,2-6H3. The van der Waals surface area contributed by atoms with E-state index in [1.54, 1.807) is 6.92 Å². The molecule has 3 rings (SSSR count). The zero-order chi connectivity index (χ0) is 22.1. The minimum atomic E-state index is -0.375. The number of hydrogen-bond donors (Lipinski definition) is 1. The van der Waals surface area contributed by atoms with Gasteiger partial charge in [-0.3, -0.25) is 0 Å². The number of aryl methyl sites for hydroxylation is 2. The summed E-state index contributed by atoms with van der Waals surface area (Å²) in [5, 5.41) is 20.1. The lowest BCUT2D eigenvalue weighted by atomic mass is 9.84. The van der Waals surface area contributed by atoms with Crippen LogP contribution in [0.1, 0.15) is 50.8 Å². The number of rotatable bonds is 6. The second-order valence-electron chi connectivity index (χ2n) is 8.76. The average molecular weight is 408 g/mol. The van der Waals surface area contributed by atoms with Gasteiger partial charge >= 0.3 is 5.97 Å². The number of hydrogen-bond acceptors (Lipinski definition) is 5. The lowest BCUT2D eigenvalue weighted by Crippen LogP contribution is -2.14. The Balaban J connectivity index is 1.94. The van der Waals surface area contributed by atoms with Crippen LogP contribution >= 0.6 is 0 Å². The van der Waals surface area contributed by atoms with E-state index in [1.165, 1.54) is 4.80 Å². The molecular formula is C24H29N3O3. The van der Waals surface area contributed by atoms with Gasteiger partial charge in [-0.1, -0.05) is 39.5 Å². The van der Waals surface area contributed by atoms with E-state index in [1.807, 2.05) is 37.3 Å². The summed E-state index contributed by atoms with van der Waals surface area (Å²) in [5.74, 6) is -0.198. The van der Waals surface area contributed by atoms with Crippen molar-refractivity contribution in [3.63, 3.8) is 0 Å². The Hall–Kier alpha value is -3.15. The maximum Gasteiger partial charge on any atom is 0.333 e. The van der Waals surface area contributed by atoms with Gasteiger partial charge in [-0.05, 0) is 61.4 Å². The van der Waals surface area contributed by atoms with Crippen LogP contribution < -0.4 is 0 Å². The molecular weight excluding hydrogens is 378 g/mol. The molecule has 1 N–H and O–H groups in total. The quantitative estimate of drug-likeness (QED) is 0.361. The van der Waals surface area contributed by atoms with Crippen molar-refractivity contribution in [2.24, 2.45) is 0 Å². The molecule has 0 fully saturated rings. The number of esters is 1. The summed E-state index contributed by atoms with van der Waals surface area (Å²) in [6.07, 6.45) is 1.36. The van der Waals surface area contributed by atoms with E-state index in [4.69, 9.17) is 4.74 Å². The molecule has 1 heterocycles. The number of ether oxygens (including phenoxy) is 1. The smallest absolute Gasteiger partial charge is 0.333 e. The van der Waals surface area contributed by atoms with Crippen molar-refractivity contribution in [3.05, 3.63) is 59.2 Å². The van der Waals surface area contributed by atoms with E-state index in [0.717, 1.165) is 27.7 Å². The first-order chi connectivity index (χ1) is 14.1. The van der Waals surface area contributed by atoms with Gasteiger partial charge < -0.3 is 9.84 Å². The van der Waals surface area contributed by atoms with E-state index in [2.05, 4.69) is 37.5 Å². The largest absolute Gasteiger partial charge is 0.505 e. The number of carbonyl (C=O) groups is 1. The molecule has 0 saturated carbocycles. The summed E-state index contributed by atoms with van der Waals surface area (Å²) in [7, 11) is 0. The average Bonchev–Trinajstić information content (AvgIpc) is 3.07. The van der Waals surface area contributed by atoms with Gasteiger partial charge in [-0.15, -0.1) is 15.0 Å². The molecule has 30 heavy (non-hydrogen) atoms. The van der Waals surface area contributed by atoms with Gasteiger partial charge in [0.15, 0.2) is 0 Å². The van der Waals surface area contributed by atoms with Crippen LogP contribution in [-0.2, 0) is 21.4 Å². The molecule has 0 atom stereocenters. The number of phenols is 1. The molecule has 0 amide bonds. The van der Waals surface area contributed by atoms with Gasteiger partial charge in [0.1, 0.15) is 22.5 Å². The zero-order valence-corrected chi connectivity index (χ0v) is 18.3. The highest BCUT2D eigenvalue weighted by Gasteiger charge is 2.23. The summed E-state index contributed by atoms with van der Waals surface area (Å²) >= 11 is 0. The molecule has 3 aromatic rings. The molecule has 2 aromatic carbocycles. The van der Waals surface area contributed by atoms with E-state index in [0.29, 0.717) is 30.7 Å². The predicted molar refractivity (Wildman–Crippen MR) is 118 cm³/mol. The number of fused-ring (bicyclic) bond motifs is 1. The van der Waals surface area contributed by atoms with Crippen molar-refractivity contribution in [1.29, 1.82) is 0 Å². The molecule has 6 heteroatoms. The molecule has 0 saturated heterocycles. The van der Waals surface area contributed by atoms with Gasteiger partial charge in [0, 0.05) is 11.1 Å². The summed E-state index contributed by atoms with van der Waals surface area (Å²) in [4.78, 5) is 13.1. The first-order valence-electron chi connectivity index (χ1n) is 10.1. The van der Waals surface area contributed by atoms with Crippen LogP contribution in [0.3, 0.4) is 0 Å². The summed E-state index contributed by atoms with van der Waals surface area (Å²) in [5.41, 5.74) is 5.19. The van der Waals surface area contributed by atoms with E-state index >= 15 is 0 Å². The number of nitrogens with zero attached hydrogens (tertiary/aromatic N) is 3. The van der Waals surface area contributed by atoms with Crippen LogP contribution in [0.4, 0.5) is 0 Å². The third-order valence-corrected chi connectivity index (χ3v) is 4.90. The number of benzene rings is 2. The van der Waals surface area contributed by atoms with Crippen LogP contribution in [0.2, 0.25) is 0 Å². The topological polar surface area (TPSA) is 77.2 Å². The minimum absolute atomic E-state index is 0.178. The lowest BCUT2D eigenvalue weighted by molar-refractivity contribution is -0.139. The van der Waals surface area contributed by atoms with Crippen molar-refractivity contribution >= 4 is 17.0 Å². The van der Waals surface area contributed by atoms with Gasteiger partial charge in [0.05, 0.1) is 6.61 Å². The van der Waals surface area contributed by atoms with E-state index < -0.39 is 0 Å². The molecule has 1 aromatic heterocycles. The number of aromatic nitrogens is 3. The van der Waals surface area contributed by atoms with Gasteiger partial charge in [-0.25, -0.2) is 4.79 Å². The molecule has 0 aliphatic rings. The molecule has 0 aliphatic carbocycles. The highest BCUT2D eigenvalue weighted by molar-refractivity contribution is 5.86. The summed E-state index contributed by atoms with van der Waals surface area (Å²) in [6, 6.07) is 9.80. The molecule has 0 aliphatic heterocycles. The van der Waals surface area contributed by atoms with Crippen molar-refractivity contribution in [3.8, 4) is 11.4 Å². The fourth-order valence-electron chi connectivity index (χ4n) is 3.24. The van der Waals surface area contributed by atoms with Crippen LogP contribution in [0.15, 0.2) is 42.5 Å². The van der Waals surface area contributed by atoms with Crippen molar-refractivity contribution in [2.45, 2.75) is 52.9 Å². The summed E-state index contributed by atoms with van der Waals surface area (Å²) in [6.45, 7) is 13.7. The zero-order valence-electron chi connectivity index (χ0n) is 18.3. The highest BCUT2D eigenvalue weighted by atomic mass is 16.5. The molecule has 0 unspecified atom stereocenters. The van der Waals surface area contributed by atoms with Crippen molar-refractivity contribution < 1.29 is 14.6 Å². The fraction of sp³-hybridized carbons (Fsp3) is 0.375. The Morgan fingerprint density at radius 3 is 2.53 bits per heavy atom. The Morgan fingerprint density at radius 1 is 1.17 bits per heavy atom. The van der Waals surface area contributed by atoms with Gasteiger partial charge in [-0.2, -0.15) is 0 Å². The van der Waals surface area contributed by atoms with Crippen LogP contribution in [0.5, 0.6) is 5.75 Å². The normalized spacial score (nSPS) is 11.6. The van der Waals surface area contributed by atoms with Crippen molar-refractivity contribution in [1.82, 2.24) is 15.0 Å². The highest BCUT2D eigenvalue weighted by Crippen LogP contribution is 2.36. The van der Waals surface area contributed by atoms with Crippen LogP contribution in [-0.4, -0.2) is 32.7 Å². The second-order valence-corrected chi connectivity index (χ2v) is 8.76. The molecule has 0 radical (unpaired) electrons. The third kappa shape index (κ3) is 4.70. The maximum absolute atomic E-state index is 11.6. The predicted octanol–water partition coefficient (Wildman–Crippen LogP) is 4.78. The fourth-order valence-corrected chi connectivity index (χ4v) is 3.24. The maximum atomic E-state index is 11.6. The minimum Gasteiger partial charge on any atom is -0.505 e. The molecule has 0 bridgehead atoms. The molecule has 6 nitrogen and oxygen atoms in total. The first-order valence-corrected chi connectivity index (χ1v) is 10.1.